The number of allylic oxidation sites excluding steroid dienone is 1. The monoisotopic (exact) mass is 522 g/mol. The molecule has 0 bridgehead atoms. The molecule has 5 rings (SSSR count). The van der Waals surface area contributed by atoms with Crippen LogP contribution in [0.5, 0.6) is 11.5 Å². The van der Waals surface area contributed by atoms with Crippen molar-refractivity contribution in [1.29, 1.82) is 0 Å². The molecule has 0 radical (unpaired) electrons. The maximum Gasteiger partial charge on any atom is 0.127 e. The van der Waals surface area contributed by atoms with Crippen molar-refractivity contribution in [3.05, 3.63) is 34.9 Å². The summed E-state index contributed by atoms with van der Waals surface area (Å²) in [5.41, 5.74) is 3.65. The molecule has 0 saturated carbocycles. The fraction of sp³-hybridized carbons (Fsp3) is 0.765. The largest absolute Gasteiger partial charge is 0.508 e. The third-order valence-electron chi connectivity index (χ3n) is 10.5. The van der Waals surface area contributed by atoms with Gasteiger partial charge in [-0.05, 0) is 108 Å². The van der Waals surface area contributed by atoms with Gasteiger partial charge in [-0.2, -0.15) is 0 Å². The highest BCUT2D eigenvalue weighted by Crippen LogP contribution is 2.55. The zero-order valence-corrected chi connectivity index (χ0v) is 25.0. The minimum atomic E-state index is -0.232. The Morgan fingerprint density at radius 3 is 2.47 bits per heavy atom. The molecule has 1 N–H and O–H groups in total. The van der Waals surface area contributed by atoms with E-state index in [0.29, 0.717) is 17.6 Å². The van der Waals surface area contributed by atoms with Gasteiger partial charge in [-0.3, -0.25) is 4.90 Å². The quantitative estimate of drug-likeness (QED) is 0.265. The zero-order chi connectivity index (χ0) is 26.9. The fourth-order valence-corrected chi connectivity index (χ4v) is 7.96. The number of likely N-dealkylation sites (tertiary alicyclic amines) is 2. The summed E-state index contributed by atoms with van der Waals surface area (Å²) in [7, 11) is 0. The number of aromatic hydroxyl groups is 1. The highest BCUT2D eigenvalue weighted by Gasteiger charge is 2.46. The van der Waals surface area contributed by atoms with Crippen LogP contribution in [-0.4, -0.2) is 59.3 Å². The van der Waals surface area contributed by atoms with Gasteiger partial charge in [0, 0.05) is 30.0 Å². The lowest BCUT2D eigenvalue weighted by Gasteiger charge is -2.48. The first-order valence-electron chi connectivity index (χ1n) is 15.9. The van der Waals surface area contributed by atoms with Crippen molar-refractivity contribution in [2.45, 2.75) is 128 Å². The van der Waals surface area contributed by atoms with Crippen LogP contribution in [0.25, 0.3) is 0 Å². The summed E-state index contributed by atoms with van der Waals surface area (Å²) in [6.07, 6.45) is 16.2. The summed E-state index contributed by atoms with van der Waals surface area (Å²) in [5, 5.41) is 11.4. The lowest BCUT2D eigenvalue weighted by molar-refractivity contribution is 0.00669. The molecule has 0 spiro atoms. The number of rotatable bonds is 9. The number of nitrogens with zero attached hydrogens (tertiary/aromatic N) is 2. The molecule has 4 aliphatic rings. The van der Waals surface area contributed by atoms with Gasteiger partial charge in [-0.25, -0.2) is 0 Å². The second kappa shape index (κ2) is 11.5. The molecule has 4 heteroatoms. The SMILES string of the molecule is CCCCCCC(C)(C)c1cc(O)c2c(c1)OC(C)(C)C1CC=C(CN3CCC(N4CCCC4)CC3)C[C@H]21. The number of benzene rings is 1. The van der Waals surface area contributed by atoms with Crippen molar-refractivity contribution < 1.29 is 9.84 Å². The highest BCUT2D eigenvalue weighted by atomic mass is 16.5. The molecule has 3 heterocycles. The van der Waals surface area contributed by atoms with E-state index in [0.717, 1.165) is 43.2 Å². The summed E-state index contributed by atoms with van der Waals surface area (Å²) in [5.74, 6) is 2.12. The second-order valence-corrected chi connectivity index (χ2v) is 14.1. The topological polar surface area (TPSA) is 35.9 Å². The van der Waals surface area contributed by atoms with Gasteiger partial charge in [-0.1, -0.05) is 58.1 Å². The van der Waals surface area contributed by atoms with Crippen molar-refractivity contribution in [2.75, 3.05) is 32.7 Å². The Hall–Kier alpha value is -1.52. The lowest BCUT2D eigenvalue weighted by atomic mass is 9.66. The highest BCUT2D eigenvalue weighted by molar-refractivity contribution is 5.54. The minimum Gasteiger partial charge on any atom is -0.508 e. The first-order valence-corrected chi connectivity index (χ1v) is 15.9. The average molecular weight is 523 g/mol. The van der Waals surface area contributed by atoms with Crippen LogP contribution < -0.4 is 4.74 Å². The Morgan fingerprint density at radius 2 is 1.76 bits per heavy atom. The van der Waals surface area contributed by atoms with E-state index in [9.17, 15) is 5.11 Å². The number of fused-ring (bicyclic) bond motifs is 3. The maximum atomic E-state index is 11.4. The summed E-state index contributed by atoms with van der Waals surface area (Å²) in [4.78, 5) is 5.43. The normalized spacial score (nSPS) is 26.5. The molecule has 38 heavy (non-hydrogen) atoms. The van der Waals surface area contributed by atoms with Crippen molar-refractivity contribution in [3.8, 4) is 11.5 Å². The van der Waals surface area contributed by atoms with Crippen LogP contribution in [0.15, 0.2) is 23.8 Å². The molecule has 1 aromatic rings. The van der Waals surface area contributed by atoms with E-state index in [2.05, 4.69) is 62.6 Å². The smallest absolute Gasteiger partial charge is 0.127 e. The predicted molar refractivity (Wildman–Crippen MR) is 158 cm³/mol. The lowest BCUT2D eigenvalue weighted by Crippen LogP contribution is -2.47. The molecule has 0 amide bonds. The number of piperidine rings is 1. The van der Waals surface area contributed by atoms with E-state index >= 15 is 0 Å². The number of hydrogen-bond donors (Lipinski definition) is 1. The first kappa shape index (κ1) is 28.0. The van der Waals surface area contributed by atoms with Crippen molar-refractivity contribution >= 4 is 0 Å². The minimum absolute atomic E-state index is 0.0312. The van der Waals surface area contributed by atoms with Crippen LogP contribution in [0.3, 0.4) is 0 Å². The predicted octanol–water partition coefficient (Wildman–Crippen LogP) is 7.79. The van der Waals surface area contributed by atoms with Crippen LogP contribution in [-0.2, 0) is 5.41 Å². The van der Waals surface area contributed by atoms with Crippen molar-refractivity contribution in [3.63, 3.8) is 0 Å². The summed E-state index contributed by atoms with van der Waals surface area (Å²) < 4.78 is 6.69. The Balaban J connectivity index is 1.28. The number of ether oxygens (including phenoxy) is 1. The molecule has 212 valence electrons. The molecule has 0 aromatic heterocycles. The van der Waals surface area contributed by atoms with Crippen LogP contribution >= 0.6 is 0 Å². The third kappa shape index (κ3) is 5.97. The molecule has 2 saturated heterocycles. The van der Waals surface area contributed by atoms with E-state index in [1.165, 1.54) is 83.1 Å². The van der Waals surface area contributed by atoms with Crippen molar-refractivity contribution in [2.24, 2.45) is 5.92 Å². The van der Waals surface area contributed by atoms with Crippen molar-refractivity contribution in [1.82, 2.24) is 9.80 Å². The summed E-state index contributed by atoms with van der Waals surface area (Å²) >= 11 is 0. The van der Waals surface area contributed by atoms with E-state index in [-0.39, 0.29) is 11.0 Å². The standard InChI is InChI=1S/C34H54N2O2/c1-6-7-8-9-16-33(2,3)26-22-30(37)32-28-21-25(12-13-29(28)34(4,5)38-31(32)23-26)24-35-19-14-27(15-20-35)36-17-10-11-18-36/h12,22-23,27-29,37H,6-11,13-21,24H2,1-5H3/t28-,29?/m0/s1. The van der Waals surface area contributed by atoms with E-state index in [1.807, 2.05) is 0 Å². The molecule has 2 fully saturated rings. The van der Waals surface area contributed by atoms with Gasteiger partial charge < -0.3 is 14.7 Å². The van der Waals surface area contributed by atoms with Crippen LogP contribution in [0.1, 0.15) is 122 Å². The van der Waals surface area contributed by atoms with Crippen LogP contribution in [0, 0.1) is 5.92 Å². The molecule has 4 nitrogen and oxygen atoms in total. The van der Waals surface area contributed by atoms with Gasteiger partial charge in [0.05, 0.1) is 0 Å². The molecule has 1 aromatic carbocycles. The molecule has 3 aliphatic heterocycles. The van der Waals surface area contributed by atoms with E-state index in [1.54, 1.807) is 5.57 Å². The molecule has 1 aliphatic carbocycles. The van der Waals surface area contributed by atoms with Crippen LogP contribution in [0.4, 0.5) is 0 Å². The molecular weight excluding hydrogens is 468 g/mol. The fourth-order valence-electron chi connectivity index (χ4n) is 7.96. The van der Waals surface area contributed by atoms with E-state index in [4.69, 9.17) is 4.74 Å². The number of phenolic OH excluding ortho intramolecular Hbond substituents is 1. The Kier molecular flexibility index (Phi) is 8.50. The second-order valence-electron chi connectivity index (χ2n) is 14.1. The third-order valence-corrected chi connectivity index (χ3v) is 10.5. The van der Waals surface area contributed by atoms with E-state index < -0.39 is 0 Å². The number of unbranched alkanes of at least 4 members (excludes halogenated alkanes) is 3. The zero-order valence-electron chi connectivity index (χ0n) is 25.0. The Morgan fingerprint density at radius 1 is 1.03 bits per heavy atom. The summed E-state index contributed by atoms with van der Waals surface area (Å²) in [6.45, 7) is 17.6. The van der Waals surface area contributed by atoms with Crippen LogP contribution in [0.2, 0.25) is 0 Å². The number of phenols is 1. The molecule has 2 atom stereocenters. The maximum absolute atomic E-state index is 11.4. The van der Waals surface area contributed by atoms with Gasteiger partial charge in [-0.15, -0.1) is 0 Å². The first-order chi connectivity index (χ1) is 18.2. The van der Waals surface area contributed by atoms with Gasteiger partial charge >= 0.3 is 0 Å². The summed E-state index contributed by atoms with van der Waals surface area (Å²) in [6, 6.07) is 5.15. The molecular formula is C34H54N2O2. The Labute approximate surface area is 232 Å². The Bertz CT molecular complexity index is 982. The van der Waals surface area contributed by atoms with Gasteiger partial charge in [0.25, 0.3) is 0 Å². The van der Waals surface area contributed by atoms with Gasteiger partial charge in [0.15, 0.2) is 0 Å². The molecule has 1 unspecified atom stereocenters. The average Bonchev–Trinajstić information content (AvgIpc) is 3.41. The van der Waals surface area contributed by atoms with Gasteiger partial charge in [0.2, 0.25) is 0 Å². The van der Waals surface area contributed by atoms with Gasteiger partial charge in [0.1, 0.15) is 17.1 Å². The number of hydrogen-bond acceptors (Lipinski definition) is 4.